The van der Waals surface area contributed by atoms with Crippen molar-refractivity contribution in [3.8, 4) is 17.3 Å². The summed E-state index contributed by atoms with van der Waals surface area (Å²) in [6.45, 7) is 1.30. The van der Waals surface area contributed by atoms with Gasteiger partial charge < -0.3 is 9.88 Å². The molecule has 166 valence electrons. The van der Waals surface area contributed by atoms with Crippen molar-refractivity contribution in [3.63, 3.8) is 0 Å². The van der Waals surface area contributed by atoms with Crippen molar-refractivity contribution in [2.75, 3.05) is 6.54 Å². The molecule has 1 aliphatic carbocycles. The molecule has 2 fully saturated rings. The Labute approximate surface area is 183 Å². The van der Waals surface area contributed by atoms with E-state index in [1.807, 2.05) is 6.07 Å². The first kappa shape index (κ1) is 21.7. The van der Waals surface area contributed by atoms with Crippen LogP contribution in [0.5, 0.6) is 0 Å². The minimum atomic E-state index is -2.85. The van der Waals surface area contributed by atoms with E-state index in [9.17, 15) is 23.2 Å². The number of imide groups is 1. The number of amides is 3. The Morgan fingerprint density at radius 1 is 1.22 bits per heavy atom. The van der Waals surface area contributed by atoms with Crippen LogP contribution in [-0.2, 0) is 11.8 Å². The van der Waals surface area contributed by atoms with Gasteiger partial charge in [-0.3, -0.25) is 14.5 Å². The maximum Gasteiger partial charge on any atom is 0.325 e. The zero-order valence-corrected chi connectivity index (χ0v) is 17.7. The van der Waals surface area contributed by atoms with Crippen LogP contribution < -0.4 is 5.32 Å². The van der Waals surface area contributed by atoms with E-state index in [1.165, 1.54) is 0 Å². The SMILES string of the molecule is Cc1c(C(=O)CN2C(=O)NC3(CCC(F)(F)CC3)C2=O)cn(C)c1-c1cccc(C#N)c1. The number of benzene rings is 1. The van der Waals surface area contributed by atoms with Gasteiger partial charge in [0.25, 0.3) is 5.91 Å². The van der Waals surface area contributed by atoms with E-state index >= 15 is 0 Å². The molecule has 1 aromatic heterocycles. The average molecular weight is 440 g/mol. The Kier molecular flexibility index (Phi) is 5.12. The van der Waals surface area contributed by atoms with E-state index in [4.69, 9.17) is 5.26 Å². The maximum atomic E-state index is 13.6. The van der Waals surface area contributed by atoms with Crippen molar-refractivity contribution in [3.05, 3.63) is 47.2 Å². The van der Waals surface area contributed by atoms with Gasteiger partial charge in [-0.1, -0.05) is 12.1 Å². The first-order valence-electron chi connectivity index (χ1n) is 10.3. The van der Waals surface area contributed by atoms with Crippen LogP contribution in [0.15, 0.2) is 30.5 Å². The molecule has 2 heterocycles. The predicted molar refractivity (Wildman–Crippen MR) is 111 cm³/mol. The normalized spacial score (nSPS) is 19.2. The lowest BCUT2D eigenvalue weighted by molar-refractivity contribution is -0.135. The molecule has 4 rings (SSSR count). The number of rotatable bonds is 4. The summed E-state index contributed by atoms with van der Waals surface area (Å²) in [7, 11) is 1.77. The van der Waals surface area contributed by atoms with E-state index < -0.39 is 48.6 Å². The lowest BCUT2D eigenvalue weighted by atomic mass is 9.80. The minimum absolute atomic E-state index is 0.154. The van der Waals surface area contributed by atoms with Crippen LogP contribution in [0.4, 0.5) is 13.6 Å². The summed E-state index contributed by atoms with van der Waals surface area (Å²) in [6, 6.07) is 8.34. The summed E-state index contributed by atoms with van der Waals surface area (Å²) in [5.74, 6) is -3.90. The molecule has 32 heavy (non-hydrogen) atoms. The molecule has 2 aromatic rings. The van der Waals surface area contributed by atoms with Crippen molar-refractivity contribution in [1.82, 2.24) is 14.8 Å². The van der Waals surface area contributed by atoms with Crippen molar-refractivity contribution in [1.29, 1.82) is 5.26 Å². The van der Waals surface area contributed by atoms with E-state index in [0.717, 1.165) is 16.2 Å². The van der Waals surface area contributed by atoms with Gasteiger partial charge in [0.2, 0.25) is 5.92 Å². The molecule has 1 aromatic carbocycles. The molecule has 3 amide bonds. The second-order valence-electron chi connectivity index (χ2n) is 8.50. The number of urea groups is 1. The Morgan fingerprint density at radius 3 is 2.56 bits per heavy atom. The average Bonchev–Trinajstić information content (AvgIpc) is 3.18. The number of carbonyl (C=O) groups excluding carboxylic acids is 3. The summed E-state index contributed by atoms with van der Waals surface area (Å²) in [5.41, 5.74) is 1.65. The van der Waals surface area contributed by atoms with Gasteiger partial charge in [-0.05, 0) is 43.0 Å². The van der Waals surface area contributed by atoms with Crippen LogP contribution in [0.25, 0.3) is 11.3 Å². The topological polar surface area (TPSA) is 95.2 Å². The highest BCUT2D eigenvalue weighted by Gasteiger charge is 2.55. The number of carbonyl (C=O) groups is 3. The third kappa shape index (κ3) is 3.55. The van der Waals surface area contributed by atoms with Gasteiger partial charge in [0.15, 0.2) is 5.78 Å². The van der Waals surface area contributed by atoms with Gasteiger partial charge in [-0.25, -0.2) is 13.6 Å². The van der Waals surface area contributed by atoms with Gasteiger partial charge in [-0.15, -0.1) is 0 Å². The molecule has 1 saturated heterocycles. The Balaban J connectivity index is 1.57. The summed E-state index contributed by atoms with van der Waals surface area (Å²) >= 11 is 0. The number of halogens is 2. The zero-order chi connectivity index (χ0) is 23.3. The number of Topliss-reactive ketones (excluding diaryl/α,β-unsaturated/α-hetero) is 1. The van der Waals surface area contributed by atoms with Crippen molar-refractivity contribution >= 4 is 17.7 Å². The molecule has 0 radical (unpaired) electrons. The maximum absolute atomic E-state index is 13.6. The fraction of sp³-hybridized carbons (Fsp3) is 0.391. The molecule has 2 aliphatic rings. The molecule has 1 aliphatic heterocycles. The fourth-order valence-corrected chi connectivity index (χ4v) is 4.61. The number of nitriles is 1. The third-order valence-corrected chi connectivity index (χ3v) is 6.38. The van der Waals surface area contributed by atoms with Crippen LogP contribution in [0.3, 0.4) is 0 Å². The molecule has 1 spiro atoms. The summed E-state index contributed by atoms with van der Waals surface area (Å²) in [6.07, 6.45) is 0.354. The molecule has 0 unspecified atom stereocenters. The van der Waals surface area contributed by atoms with Crippen LogP contribution in [-0.4, -0.2) is 45.2 Å². The molecule has 1 N–H and O–H groups in total. The highest BCUT2D eigenvalue weighted by atomic mass is 19.3. The largest absolute Gasteiger partial charge is 0.350 e. The van der Waals surface area contributed by atoms with E-state index in [1.54, 1.807) is 42.9 Å². The van der Waals surface area contributed by atoms with Gasteiger partial charge in [0.1, 0.15) is 5.54 Å². The van der Waals surface area contributed by atoms with Crippen molar-refractivity contribution in [2.24, 2.45) is 7.05 Å². The number of nitrogens with zero attached hydrogens (tertiary/aromatic N) is 3. The fourth-order valence-electron chi connectivity index (χ4n) is 4.61. The molecular formula is C23H22F2N4O3. The highest BCUT2D eigenvalue weighted by Crippen LogP contribution is 2.41. The Morgan fingerprint density at radius 2 is 1.91 bits per heavy atom. The van der Waals surface area contributed by atoms with Gasteiger partial charge in [0, 0.05) is 31.6 Å². The standard InChI is InChI=1S/C23H22F2N4O3/c1-14-17(12-28(2)19(14)16-5-3-4-15(10-16)11-26)18(30)13-29-20(31)22(27-21(29)32)6-8-23(24,25)9-7-22/h3-5,10,12H,6-9,13H2,1-2H3,(H,27,32). The number of hydrogen-bond donors (Lipinski definition) is 1. The van der Waals surface area contributed by atoms with Gasteiger partial charge in [0.05, 0.1) is 23.9 Å². The Hall–Kier alpha value is -3.54. The summed E-state index contributed by atoms with van der Waals surface area (Å²) < 4.78 is 28.9. The van der Waals surface area contributed by atoms with Crippen LogP contribution >= 0.6 is 0 Å². The molecule has 7 nitrogen and oxygen atoms in total. The first-order valence-corrected chi connectivity index (χ1v) is 10.3. The number of aryl methyl sites for hydroxylation is 1. The zero-order valence-electron chi connectivity index (χ0n) is 17.7. The van der Waals surface area contributed by atoms with Crippen LogP contribution in [0.2, 0.25) is 0 Å². The highest BCUT2D eigenvalue weighted by molar-refractivity contribution is 6.11. The molecular weight excluding hydrogens is 418 g/mol. The predicted octanol–water partition coefficient (Wildman–Crippen LogP) is 3.55. The minimum Gasteiger partial charge on any atom is -0.350 e. The molecule has 1 saturated carbocycles. The quantitative estimate of drug-likeness (QED) is 0.581. The first-order chi connectivity index (χ1) is 15.1. The second kappa shape index (κ2) is 7.55. The Bertz CT molecular complexity index is 1170. The number of alkyl halides is 2. The van der Waals surface area contributed by atoms with E-state index in [-0.39, 0.29) is 12.8 Å². The second-order valence-corrected chi connectivity index (χ2v) is 8.50. The van der Waals surface area contributed by atoms with Crippen molar-refractivity contribution < 1.29 is 23.2 Å². The monoisotopic (exact) mass is 440 g/mol. The number of ketones is 1. The van der Waals surface area contributed by atoms with Crippen LogP contribution in [0.1, 0.15) is 47.2 Å². The third-order valence-electron chi connectivity index (χ3n) is 6.38. The summed E-state index contributed by atoms with van der Waals surface area (Å²) in [5, 5.41) is 11.7. The van der Waals surface area contributed by atoms with Crippen LogP contribution in [0, 0.1) is 18.3 Å². The molecule has 0 atom stereocenters. The van der Waals surface area contributed by atoms with Crippen molar-refractivity contribution in [2.45, 2.75) is 44.1 Å². The van der Waals surface area contributed by atoms with E-state index in [0.29, 0.717) is 16.7 Å². The summed E-state index contributed by atoms with van der Waals surface area (Å²) in [4.78, 5) is 39.3. The van der Waals surface area contributed by atoms with Gasteiger partial charge >= 0.3 is 6.03 Å². The van der Waals surface area contributed by atoms with Gasteiger partial charge in [-0.2, -0.15) is 5.26 Å². The number of aromatic nitrogens is 1. The lowest BCUT2D eigenvalue weighted by Crippen LogP contribution is -2.51. The number of hydrogen-bond acceptors (Lipinski definition) is 4. The smallest absolute Gasteiger partial charge is 0.325 e. The molecule has 9 heteroatoms. The van der Waals surface area contributed by atoms with E-state index in [2.05, 4.69) is 11.4 Å². The number of nitrogens with one attached hydrogen (secondary N) is 1. The molecule has 0 bridgehead atoms. The lowest BCUT2D eigenvalue weighted by Gasteiger charge is -2.34.